The summed E-state index contributed by atoms with van der Waals surface area (Å²) in [6.45, 7) is 5.07. The predicted octanol–water partition coefficient (Wildman–Crippen LogP) is -0.869. The molecule has 7 nitrogen and oxygen atoms in total. The van der Waals surface area contributed by atoms with E-state index in [1.54, 1.807) is 24.1 Å². The normalized spacial score (nSPS) is 24.4. The molecule has 1 aromatic rings. The lowest BCUT2D eigenvalue weighted by Gasteiger charge is -2.37. The molecule has 2 fully saturated rings. The zero-order valence-corrected chi connectivity index (χ0v) is 16.2. The number of aromatic hydroxyl groups is 1. The molecule has 0 aromatic heterocycles. The van der Waals surface area contributed by atoms with Crippen molar-refractivity contribution in [1.29, 1.82) is 0 Å². The molecule has 144 valence electrons. The van der Waals surface area contributed by atoms with Crippen molar-refractivity contribution in [2.75, 3.05) is 49.6 Å². The summed E-state index contributed by atoms with van der Waals surface area (Å²) in [5.41, 5.74) is 0.832. The zero-order valence-electron chi connectivity index (χ0n) is 15.4. The fraction of sp³-hybridized carbons (Fsp3) is 0.611. The van der Waals surface area contributed by atoms with Gasteiger partial charge in [0.25, 0.3) is 5.91 Å². The summed E-state index contributed by atoms with van der Waals surface area (Å²) in [5, 5.41) is 10.0. The van der Waals surface area contributed by atoms with Crippen LogP contribution in [-0.2, 0) is 14.6 Å². The molecular weight excluding hydrogens is 354 g/mol. The fourth-order valence-electron chi connectivity index (χ4n) is 3.94. The Hall–Kier alpha value is -1.80. The van der Waals surface area contributed by atoms with Gasteiger partial charge in [0.1, 0.15) is 5.75 Å². The molecule has 2 atom stereocenters. The maximum Gasteiger partial charge on any atom is 0.280 e. The Balaban J connectivity index is 1.57. The van der Waals surface area contributed by atoms with E-state index in [0.29, 0.717) is 6.42 Å². The Kier molecular flexibility index (Phi) is 5.43. The van der Waals surface area contributed by atoms with Crippen molar-refractivity contribution in [3.05, 3.63) is 24.3 Å². The highest BCUT2D eigenvalue weighted by Gasteiger charge is 2.37. The van der Waals surface area contributed by atoms with Gasteiger partial charge < -0.3 is 19.8 Å². The van der Waals surface area contributed by atoms with Crippen LogP contribution >= 0.6 is 0 Å². The first-order chi connectivity index (χ1) is 12.3. The highest BCUT2D eigenvalue weighted by Crippen LogP contribution is 2.26. The van der Waals surface area contributed by atoms with Crippen molar-refractivity contribution < 1.29 is 23.2 Å². The second kappa shape index (κ2) is 7.44. The summed E-state index contributed by atoms with van der Waals surface area (Å²) in [6.07, 6.45) is 0.535. The number of quaternary nitrogens is 1. The van der Waals surface area contributed by atoms with Gasteiger partial charge in [-0.05, 0) is 25.5 Å². The number of para-hydroxylation sites is 2. The summed E-state index contributed by atoms with van der Waals surface area (Å²) in [7, 11) is -1.27. The van der Waals surface area contributed by atoms with Crippen LogP contribution in [0.4, 0.5) is 5.69 Å². The molecule has 0 spiro atoms. The number of amides is 1. The van der Waals surface area contributed by atoms with Crippen LogP contribution in [0.2, 0.25) is 0 Å². The van der Waals surface area contributed by atoms with Crippen LogP contribution in [-0.4, -0.2) is 81.1 Å². The number of rotatable bonds is 4. The van der Waals surface area contributed by atoms with Crippen LogP contribution in [0.25, 0.3) is 0 Å². The Bertz CT molecular complexity index is 759. The quantitative estimate of drug-likeness (QED) is 0.708. The number of sulfone groups is 1. The van der Waals surface area contributed by atoms with E-state index in [4.69, 9.17) is 0 Å². The van der Waals surface area contributed by atoms with Crippen LogP contribution in [0, 0.1) is 0 Å². The van der Waals surface area contributed by atoms with Gasteiger partial charge in [-0.3, -0.25) is 4.79 Å². The fourth-order valence-corrected chi connectivity index (χ4v) is 5.71. The number of hydrogen-bond acceptors (Lipinski definition) is 5. The van der Waals surface area contributed by atoms with Gasteiger partial charge in [-0.2, -0.15) is 0 Å². The number of anilines is 1. The Morgan fingerprint density at radius 2 is 1.96 bits per heavy atom. The number of carbonyl (C=O) groups is 1. The zero-order chi connectivity index (χ0) is 18.9. The van der Waals surface area contributed by atoms with Gasteiger partial charge in [-0.25, -0.2) is 8.42 Å². The third-order valence-corrected chi connectivity index (χ3v) is 7.46. The molecule has 3 rings (SSSR count). The van der Waals surface area contributed by atoms with Crippen molar-refractivity contribution in [3.63, 3.8) is 0 Å². The van der Waals surface area contributed by atoms with Crippen molar-refractivity contribution in [2.45, 2.75) is 25.4 Å². The van der Waals surface area contributed by atoms with Crippen LogP contribution in [0.5, 0.6) is 5.75 Å². The van der Waals surface area contributed by atoms with Gasteiger partial charge in [0.2, 0.25) is 0 Å². The van der Waals surface area contributed by atoms with E-state index < -0.39 is 9.84 Å². The SMILES string of the molecule is C[C@@H](C(=O)N(C)[C@H]1CCS(=O)(=O)C1)[NH+]1CCN(c2ccccc2O)CC1. The highest BCUT2D eigenvalue weighted by molar-refractivity contribution is 7.91. The Labute approximate surface area is 155 Å². The number of nitrogens with zero attached hydrogens (tertiary/aromatic N) is 2. The summed E-state index contributed by atoms with van der Waals surface area (Å²) in [4.78, 5) is 17.8. The van der Waals surface area contributed by atoms with E-state index in [9.17, 15) is 18.3 Å². The summed E-state index contributed by atoms with van der Waals surface area (Å²) < 4.78 is 23.3. The molecule has 1 aromatic carbocycles. The minimum atomic E-state index is -3.00. The number of piperazine rings is 1. The van der Waals surface area contributed by atoms with Gasteiger partial charge in [0.15, 0.2) is 15.9 Å². The number of nitrogens with one attached hydrogen (secondary N) is 1. The van der Waals surface area contributed by atoms with Gasteiger partial charge in [-0.1, -0.05) is 12.1 Å². The van der Waals surface area contributed by atoms with Crippen molar-refractivity contribution >= 4 is 21.4 Å². The Morgan fingerprint density at radius 1 is 1.31 bits per heavy atom. The van der Waals surface area contributed by atoms with Gasteiger partial charge in [0, 0.05) is 13.1 Å². The van der Waals surface area contributed by atoms with E-state index in [0.717, 1.165) is 31.9 Å². The van der Waals surface area contributed by atoms with Crippen molar-refractivity contribution in [2.24, 2.45) is 0 Å². The third kappa shape index (κ3) is 3.96. The maximum absolute atomic E-state index is 12.8. The molecule has 0 bridgehead atoms. The van der Waals surface area contributed by atoms with Crippen LogP contribution < -0.4 is 9.80 Å². The molecule has 0 saturated carbocycles. The molecule has 2 aliphatic rings. The molecule has 26 heavy (non-hydrogen) atoms. The molecule has 0 unspecified atom stereocenters. The average molecular weight is 383 g/mol. The summed E-state index contributed by atoms with van der Waals surface area (Å²) in [6, 6.07) is 6.91. The standard InChI is InChI=1S/C18H27N3O4S/c1-14(18(23)19(2)15-7-12-26(24,25)13-15)20-8-10-21(11-9-20)16-5-3-4-6-17(16)22/h3-6,14-15,22H,7-13H2,1-2H3/p+1/t14-,15-/m0/s1. The first-order valence-corrected chi connectivity index (χ1v) is 11.0. The molecule has 1 amide bonds. The van der Waals surface area contributed by atoms with Gasteiger partial charge >= 0.3 is 0 Å². The predicted molar refractivity (Wildman–Crippen MR) is 100 cm³/mol. The van der Waals surface area contributed by atoms with Crippen LogP contribution in [0.1, 0.15) is 13.3 Å². The van der Waals surface area contributed by atoms with E-state index >= 15 is 0 Å². The number of benzene rings is 1. The molecular formula is C18H28N3O4S+. The van der Waals surface area contributed by atoms with Gasteiger partial charge in [0.05, 0.1) is 43.4 Å². The first kappa shape index (κ1) is 19.0. The number of carbonyl (C=O) groups excluding carboxylic acids is 1. The Morgan fingerprint density at radius 3 is 2.54 bits per heavy atom. The minimum absolute atomic E-state index is 0.0121. The highest BCUT2D eigenvalue weighted by atomic mass is 32.2. The van der Waals surface area contributed by atoms with E-state index in [-0.39, 0.29) is 35.2 Å². The molecule has 0 radical (unpaired) electrons. The molecule has 0 aliphatic carbocycles. The smallest absolute Gasteiger partial charge is 0.280 e. The largest absolute Gasteiger partial charge is 0.506 e. The lowest BCUT2D eigenvalue weighted by Crippen LogP contribution is -3.19. The van der Waals surface area contributed by atoms with Crippen molar-refractivity contribution in [3.8, 4) is 5.75 Å². The van der Waals surface area contributed by atoms with Crippen molar-refractivity contribution in [1.82, 2.24) is 4.90 Å². The third-order valence-electron chi connectivity index (χ3n) is 5.71. The number of likely N-dealkylation sites (N-methyl/N-ethyl adjacent to an activating group) is 1. The average Bonchev–Trinajstić information content (AvgIpc) is 3.00. The number of phenols is 1. The van der Waals surface area contributed by atoms with E-state index in [2.05, 4.69) is 4.90 Å². The topological polar surface area (TPSA) is 82.4 Å². The number of hydrogen-bond donors (Lipinski definition) is 2. The van der Waals surface area contributed by atoms with E-state index in [1.807, 2.05) is 19.1 Å². The lowest BCUT2D eigenvalue weighted by atomic mass is 10.1. The summed E-state index contributed by atoms with van der Waals surface area (Å²) in [5.74, 6) is 0.550. The lowest BCUT2D eigenvalue weighted by molar-refractivity contribution is -0.915. The number of phenolic OH excluding ortho intramolecular Hbond substituents is 1. The molecule has 2 N–H and O–H groups in total. The van der Waals surface area contributed by atoms with Crippen LogP contribution in [0.3, 0.4) is 0 Å². The molecule has 2 heterocycles. The second-order valence-electron chi connectivity index (χ2n) is 7.36. The van der Waals surface area contributed by atoms with Gasteiger partial charge in [-0.15, -0.1) is 0 Å². The second-order valence-corrected chi connectivity index (χ2v) is 9.59. The molecule has 2 aliphatic heterocycles. The molecule has 2 saturated heterocycles. The first-order valence-electron chi connectivity index (χ1n) is 9.13. The maximum atomic E-state index is 12.8. The minimum Gasteiger partial charge on any atom is -0.506 e. The summed E-state index contributed by atoms with van der Waals surface area (Å²) >= 11 is 0. The monoisotopic (exact) mass is 382 g/mol. The molecule has 8 heteroatoms. The van der Waals surface area contributed by atoms with Crippen LogP contribution in [0.15, 0.2) is 24.3 Å². The van der Waals surface area contributed by atoms with E-state index in [1.165, 1.54) is 4.90 Å².